The van der Waals surface area contributed by atoms with Crippen LogP contribution in [0.5, 0.6) is 0 Å². The highest BCUT2D eigenvalue weighted by atomic mass is 35.5. The number of aromatic nitrogens is 2. The molecule has 0 saturated heterocycles. The Kier molecular flexibility index (Phi) is 4.34. The van der Waals surface area contributed by atoms with Crippen molar-refractivity contribution in [1.29, 1.82) is 0 Å². The fourth-order valence-electron chi connectivity index (χ4n) is 2.24. The van der Waals surface area contributed by atoms with Crippen molar-refractivity contribution in [3.63, 3.8) is 0 Å². The van der Waals surface area contributed by atoms with Crippen molar-refractivity contribution in [3.8, 4) is 11.1 Å². The van der Waals surface area contributed by atoms with Gasteiger partial charge in [-0.1, -0.05) is 11.6 Å². The molecule has 0 spiro atoms. The van der Waals surface area contributed by atoms with Crippen LogP contribution in [0.4, 0.5) is 10.5 Å². The van der Waals surface area contributed by atoms with Crippen LogP contribution >= 0.6 is 11.6 Å². The van der Waals surface area contributed by atoms with E-state index in [-0.39, 0.29) is 0 Å². The molecule has 1 amide bonds. The molecule has 23 heavy (non-hydrogen) atoms. The highest BCUT2D eigenvalue weighted by Crippen LogP contribution is 2.40. The van der Waals surface area contributed by atoms with E-state index in [1.807, 2.05) is 18.2 Å². The first-order chi connectivity index (χ1) is 11.1. The van der Waals surface area contributed by atoms with Crippen molar-refractivity contribution < 1.29 is 9.53 Å². The number of pyridine rings is 2. The first-order valence-corrected chi connectivity index (χ1v) is 7.70. The predicted molar refractivity (Wildman–Crippen MR) is 88.5 cm³/mol. The van der Waals surface area contributed by atoms with E-state index >= 15 is 0 Å². The van der Waals surface area contributed by atoms with Gasteiger partial charge in [0.15, 0.2) is 0 Å². The van der Waals surface area contributed by atoms with Crippen molar-refractivity contribution in [1.82, 2.24) is 15.3 Å². The standard InChI is InChI=1S/C16H17ClN4O2/c1-18-15(22)23-16(4-5-16)10-21-12-8-13(14(17)20-9-12)11-2-6-19-7-3-11/h2-3,6-9,21H,4-5,10H2,1H3,(H,18,22). The Morgan fingerprint density at radius 2 is 2.13 bits per heavy atom. The van der Waals surface area contributed by atoms with Gasteiger partial charge in [-0.05, 0) is 36.6 Å². The molecule has 0 radical (unpaired) electrons. The number of nitrogens with one attached hydrogen (secondary N) is 2. The molecule has 0 aliphatic heterocycles. The number of amides is 1. The zero-order valence-corrected chi connectivity index (χ0v) is 13.4. The summed E-state index contributed by atoms with van der Waals surface area (Å²) in [5.41, 5.74) is 2.18. The third-order valence-corrected chi connectivity index (χ3v) is 4.07. The number of anilines is 1. The van der Waals surface area contributed by atoms with Crippen LogP contribution < -0.4 is 10.6 Å². The summed E-state index contributed by atoms with van der Waals surface area (Å²) in [7, 11) is 1.55. The van der Waals surface area contributed by atoms with Crippen LogP contribution in [0.3, 0.4) is 0 Å². The second-order valence-corrected chi connectivity index (χ2v) is 5.83. The Balaban J connectivity index is 1.71. The van der Waals surface area contributed by atoms with Crippen LogP contribution in [0.15, 0.2) is 36.8 Å². The molecule has 7 heteroatoms. The maximum Gasteiger partial charge on any atom is 0.407 e. The predicted octanol–water partition coefficient (Wildman–Crippen LogP) is 3.10. The van der Waals surface area contributed by atoms with Gasteiger partial charge < -0.3 is 15.4 Å². The van der Waals surface area contributed by atoms with Gasteiger partial charge in [0.2, 0.25) is 0 Å². The van der Waals surface area contributed by atoms with Gasteiger partial charge in [-0.3, -0.25) is 4.98 Å². The molecule has 2 aromatic heterocycles. The van der Waals surface area contributed by atoms with Crippen LogP contribution in [-0.2, 0) is 4.74 Å². The third kappa shape index (κ3) is 3.71. The van der Waals surface area contributed by atoms with E-state index < -0.39 is 11.7 Å². The molecule has 2 aromatic rings. The number of halogens is 1. The topological polar surface area (TPSA) is 76.1 Å². The average molecular weight is 333 g/mol. The number of carbonyl (C=O) groups excluding carboxylic acids is 1. The van der Waals surface area contributed by atoms with E-state index in [0.29, 0.717) is 11.7 Å². The number of ether oxygens (including phenoxy) is 1. The van der Waals surface area contributed by atoms with Crippen LogP contribution in [0.1, 0.15) is 12.8 Å². The van der Waals surface area contributed by atoms with E-state index in [9.17, 15) is 4.79 Å². The minimum absolute atomic E-state index is 0.406. The lowest BCUT2D eigenvalue weighted by Gasteiger charge is -2.18. The van der Waals surface area contributed by atoms with Crippen LogP contribution in [0, 0.1) is 0 Å². The molecule has 6 nitrogen and oxygen atoms in total. The summed E-state index contributed by atoms with van der Waals surface area (Å²) in [6.07, 6.45) is 6.39. The number of hydrogen-bond donors (Lipinski definition) is 2. The molecule has 1 saturated carbocycles. The summed E-state index contributed by atoms with van der Waals surface area (Å²) in [6, 6.07) is 5.69. The lowest BCUT2D eigenvalue weighted by molar-refractivity contribution is 0.0916. The molecular formula is C16H17ClN4O2. The van der Waals surface area contributed by atoms with Crippen molar-refractivity contribution >= 4 is 23.4 Å². The van der Waals surface area contributed by atoms with Crippen molar-refractivity contribution in [2.24, 2.45) is 0 Å². The van der Waals surface area contributed by atoms with Gasteiger partial charge in [0.05, 0.1) is 18.4 Å². The number of hydrogen-bond acceptors (Lipinski definition) is 5. The lowest BCUT2D eigenvalue weighted by atomic mass is 10.1. The molecule has 1 aliphatic rings. The summed E-state index contributed by atoms with van der Waals surface area (Å²) in [4.78, 5) is 19.6. The number of alkyl carbamates (subject to hydrolysis) is 1. The second-order valence-electron chi connectivity index (χ2n) is 5.47. The molecule has 0 atom stereocenters. The fraction of sp³-hybridized carbons (Fsp3) is 0.312. The molecular weight excluding hydrogens is 316 g/mol. The maximum atomic E-state index is 11.4. The zero-order chi connectivity index (χ0) is 16.3. The molecule has 3 rings (SSSR count). The second kappa shape index (κ2) is 6.42. The number of nitrogens with zero attached hydrogens (tertiary/aromatic N) is 2. The molecule has 1 aliphatic carbocycles. The number of carbonyl (C=O) groups is 1. The lowest BCUT2D eigenvalue weighted by Crippen LogP contribution is -2.32. The SMILES string of the molecule is CNC(=O)OC1(CNc2cnc(Cl)c(-c3ccncc3)c2)CC1. The average Bonchev–Trinajstić information content (AvgIpc) is 3.34. The van der Waals surface area contributed by atoms with Crippen molar-refractivity contribution in [2.45, 2.75) is 18.4 Å². The van der Waals surface area contributed by atoms with Crippen LogP contribution in [0.2, 0.25) is 5.15 Å². The minimum atomic E-state index is -0.420. The summed E-state index contributed by atoms with van der Waals surface area (Å²) in [5.74, 6) is 0. The Morgan fingerprint density at radius 1 is 1.39 bits per heavy atom. The van der Waals surface area contributed by atoms with Crippen molar-refractivity contribution in [3.05, 3.63) is 41.9 Å². The summed E-state index contributed by atoms with van der Waals surface area (Å²) < 4.78 is 5.39. The highest BCUT2D eigenvalue weighted by molar-refractivity contribution is 6.32. The van der Waals surface area contributed by atoms with E-state index in [0.717, 1.165) is 29.7 Å². The molecule has 2 N–H and O–H groups in total. The maximum absolute atomic E-state index is 11.4. The van der Waals surface area contributed by atoms with Crippen molar-refractivity contribution in [2.75, 3.05) is 18.9 Å². The molecule has 0 bridgehead atoms. The van der Waals surface area contributed by atoms with Gasteiger partial charge in [-0.2, -0.15) is 0 Å². The Labute approximate surface area is 139 Å². The number of rotatable bonds is 5. The molecule has 120 valence electrons. The van der Waals surface area contributed by atoms with E-state index in [2.05, 4.69) is 20.6 Å². The van der Waals surface area contributed by atoms with Crippen LogP contribution in [0.25, 0.3) is 11.1 Å². The summed E-state index contributed by atoms with van der Waals surface area (Å²) in [5, 5.41) is 6.18. The largest absolute Gasteiger partial charge is 0.441 e. The van der Waals surface area contributed by atoms with Gasteiger partial charge in [-0.25, -0.2) is 9.78 Å². The Hall–Kier alpha value is -2.34. The smallest absolute Gasteiger partial charge is 0.407 e. The van der Waals surface area contributed by atoms with E-state index in [1.54, 1.807) is 25.6 Å². The van der Waals surface area contributed by atoms with Gasteiger partial charge in [-0.15, -0.1) is 0 Å². The third-order valence-electron chi connectivity index (χ3n) is 3.77. The molecule has 0 aromatic carbocycles. The zero-order valence-electron chi connectivity index (χ0n) is 12.7. The normalized spacial score (nSPS) is 14.9. The van der Waals surface area contributed by atoms with E-state index in [1.165, 1.54) is 0 Å². The molecule has 0 unspecified atom stereocenters. The minimum Gasteiger partial charge on any atom is -0.441 e. The first kappa shape index (κ1) is 15.6. The fourth-order valence-corrected chi connectivity index (χ4v) is 2.46. The van der Waals surface area contributed by atoms with Gasteiger partial charge in [0.25, 0.3) is 0 Å². The van der Waals surface area contributed by atoms with Gasteiger partial charge >= 0.3 is 6.09 Å². The Bertz CT molecular complexity index is 704. The highest BCUT2D eigenvalue weighted by Gasteiger charge is 2.46. The molecule has 1 fully saturated rings. The quantitative estimate of drug-likeness (QED) is 0.823. The summed E-state index contributed by atoms with van der Waals surface area (Å²) in [6.45, 7) is 0.541. The monoisotopic (exact) mass is 332 g/mol. The van der Waals surface area contributed by atoms with E-state index in [4.69, 9.17) is 16.3 Å². The molecule has 2 heterocycles. The Morgan fingerprint density at radius 3 is 2.78 bits per heavy atom. The van der Waals surface area contributed by atoms with Crippen LogP contribution in [-0.4, -0.2) is 35.3 Å². The first-order valence-electron chi connectivity index (χ1n) is 7.32. The van der Waals surface area contributed by atoms with Gasteiger partial charge in [0, 0.05) is 25.0 Å². The summed E-state index contributed by atoms with van der Waals surface area (Å²) >= 11 is 6.18. The van der Waals surface area contributed by atoms with Gasteiger partial charge in [0.1, 0.15) is 10.8 Å².